The summed E-state index contributed by atoms with van der Waals surface area (Å²) in [6.07, 6.45) is 0. The topological polar surface area (TPSA) is 61.5 Å². The molecule has 96 valence electrons. The first-order valence-electron chi connectivity index (χ1n) is 5.78. The molecule has 0 bridgehead atoms. The van der Waals surface area contributed by atoms with Gasteiger partial charge < -0.3 is 21.1 Å². The summed E-state index contributed by atoms with van der Waals surface area (Å²) in [5.41, 5.74) is 7.83. The van der Waals surface area contributed by atoms with Crippen LogP contribution in [0.4, 0.5) is 11.4 Å². The van der Waals surface area contributed by atoms with Crippen LogP contribution < -0.4 is 11.1 Å². The number of nitrogen functional groups attached to an aromatic ring is 1. The van der Waals surface area contributed by atoms with Gasteiger partial charge in [-0.05, 0) is 45.6 Å². The second kappa shape index (κ2) is 5.38. The number of nitrogens with zero attached hydrogens (tertiary/aromatic N) is 1. The van der Waals surface area contributed by atoms with Crippen molar-refractivity contribution in [3.8, 4) is 0 Å². The number of aliphatic hydroxyl groups is 1. The number of rotatable bonds is 5. The lowest BCUT2D eigenvalue weighted by Gasteiger charge is -2.28. The summed E-state index contributed by atoms with van der Waals surface area (Å²) in [4.78, 5) is 1.97. The van der Waals surface area contributed by atoms with Gasteiger partial charge in [0.05, 0.1) is 5.60 Å². The highest BCUT2D eigenvalue weighted by atomic mass is 16.3. The Kier molecular flexibility index (Phi) is 4.37. The molecule has 17 heavy (non-hydrogen) atoms. The van der Waals surface area contributed by atoms with Crippen LogP contribution in [0, 0.1) is 6.92 Å². The predicted molar refractivity (Wildman–Crippen MR) is 73.3 cm³/mol. The Hall–Kier alpha value is -1.26. The van der Waals surface area contributed by atoms with Gasteiger partial charge in [-0.1, -0.05) is 6.07 Å². The lowest BCUT2D eigenvalue weighted by Crippen LogP contribution is -2.43. The van der Waals surface area contributed by atoms with Crippen molar-refractivity contribution in [3.63, 3.8) is 0 Å². The second-order valence-corrected chi connectivity index (χ2v) is 5.11. The number of hydrogen-bond donors (Lipinski definition) is 3. The van der Waals surface area contributed by atoms with E-state index in [1.165, 1.54) is 0 Å². The molecular formula is C13H23N3O. The van der Waals surface area contributed by atoms with Crippen LogP contribution in [0.15, 0.2) is 18.2 Å². The summed E-state index contributed by atoms with van der Waals surface area (Å²) in [7, 11) is 3.89. The van der Waals surface area contributed by atoms with Crippen molar-refractivity contribution in [2.24, 2.45) is 0 Å². The standard InChI is InChI=1S/C13H23N3O/c1-10-11(14)6-5-7-12(10)15-8-13(2,17)9-16(3)4/h5-7,15,17H,8-9,14H2,1-4H3. The maximum absolute atomic E-state index is 10.2. The fourth-order valence-electron chi connectivity index (χ4n) is 1.87. The monoisotopic (exact) mass is 237 g/mol. The van der Waals surface area contributed by atoms with E-state index in [1.807, 2.05) is 51.0 Å². The summed E-state index contributed by atoms with van der Waals surface area (Å²) in [5.74, 6) is 0. The van der Waals surface area contributed by atoms with Crippen LogP contribution >= 0.6 is 0 Å². The lowest BCUT2D eigenvalue weighted by molar-refractivity contribution is 0.0460. The van der Waals surface area contributed by atoms with Gasteiger partial charge in [0.15, 0.2) is 0 Å². The van der Waals surface area contributed by atoms with Gasteiger partial charge in [0.2, 0.25) is 0 Å². The largest absolute Gasteiger partial charge is 0.398 e. The number of nitrogens with two attached hydrogens (primary N) is 1. The van der Waals surface area contributed by atoms with Gasteiger partial charge >= 0.3 is 0 Å². The molecule has 0 saturated heterocycles. The Morgan fingerprint density at radius 1 is 1.41 bits per heavy atom. The number of nitrogens with one attached hydrogen (secondary N) is 1. The Morgan fingerprint density at radius 2 is 2.06 bits per heavy atom. The van der Waals surface area contributed by atoms with Gasteiger partial charge in [0.1, 0.15) is 0 Å². The average molecular weight is 237 g/mol. The minimum absolute atomic E-state index is 0.496. The molecule has 1 rings (SSSR count). The number of anilines is 2. The maximum Gasteiger partial charge on any atom is 0.0917 e. The minimum Gasteiger partial charge on any atom is -0.398 e. The molecule has 4 N–H and O–H groups in total. The zero-order valence-electron chi connectivity index (χ0n) is 11.1. The molecule has 0 aliphatic carbocycles. The van der Waals surface area contributed by atoms with E-state index < -0.39 is 5.60 Å². The quantitative estimate of drug-likeness (QED) is 0.676. The van der Waals surface area contributed by atoms with Gasteiger partial charge in [-0.15, -0.1) is 0 Å². The Bertz CT molecular complexity index is 375. The third-order valence-corrected chi connectivity index (χ3v) is 2.69. The molecule has 0 aromatic heterocycles. The molecule has 1 aromatic rings. The smallest absolute Gasteiger partial charge is 0.0917 e. The van der Waals surface area contributed by atoms with Crippen molar-refractivity contribution in [1.82, 2.24) is 4.90 Å². The summed E-state index contributed by atoms with van der Waals surface area (Å²) >= 11 is 0. The van der Waals surface area contributed by atoms with Gasteiger partial charge in [0, 0.05) is 24.5 Å². The number of benzene rings is 1. The summed E-state index contributed by atoms with van der Waals surface area (Å²) in [6, 6.07) is 5.75. The molecule has 0 saturated carbocycles. The van der Waals surface area contributed by atoms with Crippen LogP contribution in [0.3, 0.4) is 0 Å². The molecule has 0 heterocycles. The Labute approximate surface area is 103 Å². The van der Waals surface area contributed by atoms with Crippen molar-refractivity contribution < 1.29 is 5.11 Å². The van der Waals surface area contributed by atoms with E-state index in [1.54, 1.807) is 0 Å². The SMILES string of the molecule is Cc1c(N)cccc1NCC(C)(O)CN(C)C. The highest BCUT2D eigenvalue weighted by Crippen LogP contribution is 2.21. The second-order valence-electron chi connectivity index (χ2n) is 5.11. The van der Waals surface area contributed by atoms with Crippen molar-refractivity contribution in [2.45, 2.75) is 19.4 Å². The van der Waals surface area contributed by atoms with Crippen LogP contribution in [0.5, 0.6) is 0 Å². The van der Waals surface area contributed by atoms with E-state index >= 15 is 0 Å². The van der Waals surface area contributed by atoms with Crippen LogP contribution in [0.1, 0.15) is 12.5 Å². The van der Waals surface area contributed by atoms with Gasteiger partial charge in [-0.2, -0.15) is 0 Å². The molecule has 0 fully saturated rings. The van der Waals surface area contributed by atoms with E-state index in [4.69, 9.17) is 5.73 Å². The number of hydrogen-bond acceptors (Lipinski definition) is 4. The van der Waals surface area contributed by atoms with Crippen molar-refractivity contribution in [2.75, 3.05) is 38.2 Å². The third kappa shape index (κ3) is 4.24. The Balaban J connectivity index is 2.64. The average Bonchev–Trinajstić information content (AvgIpc) is 2.18. The summed E-state index contributed by atoms with van der Waals surface area (Å²) in [6.45, 7) is 4.90. The normalized spacial score (nSPS) is 14.7. The Morgan fingerprint density at radius 3 is 2.65 bits per heavy atom. The molecule has 4 heteroatoms. The zero-order chi connectivity index (χ0) is 13.1. The van der Waals surface area contributed by atoms with Crippen molar-refractivity contribution in [3.05, 3.63) is 23.8 Å². The molecule has 1 atom stereocenters. The highest BCUT2D eigenvalue weighted by molar-refractivity contribution is 5.62. The van der Waals surface area contributed by atoms with E-state index in [9.17, 15) is 5.11 Å². The fraction of sp³-hybridized carbons (Fsp3) is 0.538. The molecule has 1 unspecified atom stereocenters. The summed E-state index contributed by atoms with van der Waals surface area (Å²) in [5, 5.41) is 13.4. The maximum atomic E-state index is 10.2. The molecular weight excluding hydrogens is 214 g/mol. The van der Waals surface area contributed by atoms with Crippen LogP contribution in [0.2, 0.25) is 0 Å². The van der Waals surface area contributed by atoms with Crippen LogP contribution in [-0.2, 0) is 0 Å². The van der Waals surface area contributed by atoms with Crippen molar-refractivity contribution >= 4 is 11.4 Å². The first-order chi connectivity index (χ1) is 7.82. The molecule has 0 aliphatic rings. The molecule has 0 radical (unpaired) electrons. The first kappa shape index (κ1) is 13.8. The molecule has 0 amide bonds. The van der Waals surface area contributed by atoms with Gasteiger partial charge in [-0.3, -0.25) is 0 Å². The third-order valence-electron chi connectivity index (χ3n) is 2.69. The van der Waals surface area contributed by atoms with E-state index in [0.29, 0.717) is 13.1 Å². The van der Waals surface area contributed by atoms with E-state index in [-0.39, 0.29) is 0 Å². The predicted octanol–water partition coefficient (Wildman–Crippen LogP) is 1.30. The first-order valence-corrected chi connectivity index (χ1v) is 5.78. The fourth-order valence-corrected chi connectivity index (χ4v) is 1.87. The zero-order valence-corrected chi connectivity index (χ0v) is 11.1. The van der Waals surface area contributed by atoms with E-state index in [2.05, 4.69) is 5.32 Å². The van der Waals surface area contributed by atoms with E-state index in [0.717, 1.165) is 16.9 Å². The molecule has 4 nitrogen and oxygen atoms in total. The molecule has 1 aromatic carbocycles. The minimum atomic E-state index is -0.763. The summed E-state index contributed by atoms with van der Waals surface area (Å²) < 4.78 is 0. The van der Waals surface area contributed by atoms with Gasteiger partial charge in [-0.25, -0.2) is 0 Å². The van der Waals surface area contributed by atoms with Gasteiger partial charge in [0.25, 0.3) is 0 Å². The number of likely N-dealkylation sites (N-methyl/N-ethyl adjacent to an activating group) is 1. The van der Waals surface area contributed by atoms with Crippen LogP contribution in [-0.4, -0.2) is 42.8 Å². The van der Waals surface area contributed by atoms with Crippen molar-refractivity contribution in [1.29, 1.82) is 0 Å². The molecule has 0 spiro atoms. The van der Waals surface area contributed by atoms with Crippen LogP contribution in [0.25, 0.3) is 0 Å². The highest BCUT2D eigenvalue weighted by Gasteiger charge is 2.21. The molecule has 0 aliphatic heterocycles. The lowest BCUT2D eigenvalue weighted by atomic mass is 10.1.